The van der Waals surface area contributed by atoms with Gasteiger partial charge in [0, 0.05) is 24.7 Å². The lowest BCUT2D eigenvalue weighted by Gasteiger charge is -2.29. The highest BCUT2D eigenvalue weighted by Gasteiger charge is 2.18. The summed E-state index contributed by atoms with van der Waals surface area (Å²) in [5, 5.41) is 0. The first-order valence-corrected chi connectivity index (χ1v) is 5.87. The average Bonchev–Trinajstić information content (AvgIpc) is 2.38. The summed E-state index contributed by atoms with van der Waals surface area (Å²) in [7, 11) is 0. The van der Waals surface area contributed by atoms with Crippen LogP contribution in [-0.2, 0) is 9.53 Å². The molecule has 102 valence electrons. The second-order valence-electron chi connectivity index (χ2n) is 4.16. The van der Waals surface area contributed by atoms with E-state index in [1.165, 1.54) is 12.1 Å². The van der Waals surface area contributed by atoms with Crippen LogP contribution in [0.1, 0.15) is 5.56 Å². The van der Waals surface area contributed by atoms with Gasteiger partial charge in [-0.1, -0.05) is 0 Å². The Balaban J connectivity index is 2.31. The van der Waals surface area contributed by atoms with Crippen molar-refractivity contribution in [3.05, 3.63) is 41.1 Å². The first-order valence-electron chi connectivity index (χ1n) is 5.87. The molecule has 19 heavy (non-hydrogen) atoms. The normalized spacial score (nSPS) is 16.5. The number of hydrogen-bond donors (Lipinski definition) is 1. The van der Waals surface area contributed by atoms with E-state index in [4.69, 9.17) is 10.5 Å². The molecule has 1 aromatic carbocycles. The third kappa shape index (κ3) is 3.29. The summed E-state index contributed by atoms with van der Waals surface area (Å²) >= 11 is 0. The number of rotatable bonds is 3. The van der Waals surface area contributed by atoms with Crippen LogP contribution in [0.15, 0.2) is 23.9 Å². The fourth-order valence-corrected chi connectivity index (χ4v) is 1.89. The number of halogens is 2. The van der Waals surface area contributed by atoms with E-state index >= 15 is 0 Å². The van der Waals surface area contributed by atoms with Crippen molar-refractivity contribution in [1.29, 1.82) is 0 Å². The quantitative estimate of drug-likeness (QED) is 0.836. The molecule has 0 aliphatic carbocycles. The van der Waals surface area contributed by atoms with E-state index in [2.05, 4.69) is 0 Å². The molecular weight excluding hydrogens is 254 g/mol. The lowest BCUT2D eigenvalue weighted by atomic mass is 10.1. The predicted octanol–water partition coefficient (Wildman–Crippen LogP) is 1.12. The van der Waals surface area contributed by atoms with Gasteiger partial charge in [-0.2, -0.15) is 0 Å². The Morgan fingerprint density at radius 3 is 2.58 bits per heavy atom. The smallest absolute Gasteiger partial charge is 0.265 e. The van der Waals surface area contributed by atoms with Crippen LogP contribution in [0.3, 0.4) is 0 Å². The number of ether oxygens (including phenoxy) is 1. The molecular formula is C13H14F2N2O2. The van der Waals surface area contributed by atoms with E-state index in [-0.39, 0.29) is 11.3 Å². The van der Waals surface area contributed by atoms with E-state index in [1.807, 2.05) is 0 Å². The topological polar surface area (TPSA) is 55.6 Å². The van der Waals surface area contributed by atoms with Crippen LogP contribution in [0.2, 0.25) is 0 Å². The lowest BCUT2D eigenvalue weighted by molar-refractivity contribution is -0.116. The largest absolute Gasteiger partial charge is 0.378 e. The molecule has 1 heterocycles. The van der Waals surface area contributed by atoms with E-state index in [0.29, 0.717) is 26.3 Å². The van der Waals surface area contributed by atoms with Gasteiger partial charge in [-0.15, -0.1) is 0 Å². The third-order valence-electron chi connectivity index (χ3n) is 2.86. The Kier molecular flexibility index (Phi) is 4.11. The Morgan fingerprint density at radius 1 is 1.32 bits per heavy atom. The number of nitrogens with zero attached hydrogens (tertiary/aromatic N) is 1. The molecule has 0 saturated carbocycles. The zero-order chi connectivity index (χ0) is 13.8. The van der Waals surface area contributed by atoms with Crippen molar-refractivity contribution in [2.75, 3.05) is 26.3 Å². The van der Waals surface area contributed by atoms with Gasteiger partial charge in [0.05, 0.1) is 13.2 Å². The standard InChI is InChI=1S/C13H14F2N2O2/c14-10-2-1-9(11(15)8-10)7-12(13(16)18)17-3-5-19-6-4-17/h1-2,7-8H,3-6H2,(H2,16,18)/b12-7+. The molecule has 0 atom stereocenters. The fourth-order valence-electron chi connectivity index (χ4n) is 1.89. The molecule has 1 amide bonds. The first kappa shape index (κ1) is 13.5. The Bertz CT molecular complexity index is 511. The van der Waals surface area contributed by atoms with Crippen molar-refractivity contribution >= 4 is 12.0 Å². The Morgan fingerprint density at radius 2 is 2.00 bits per heavy atom. The summed E-state index contributed by atoms with van der Waals surface area (Å²) in [6.07, 6.45) is 1.34. The van der Waals surface area contributed by atoms with Gasteiger partial charge in [0.25, 0.3) is 5.91 Å². The number of carbonyl (C=O) groups is 1. The molecule has 1 fully saturated rings. The molecule has 4 nitrogen and oxygen atoms in total. The van der Waals surface area contributed by atoms with Crippen LogP contribution in [0, 0.1) is 11.6 Å². The molecule has 6 heteroatoms. The Hall–Kier alpha value is -1.95. The van der Waals surface area contributed by atoms with E-state index in [9.17, 15) is 13.6 Å². The lowest BCUT2D eigenvalue weighted by Crippen LogP contribution is -2.39. The van der Waals surface area contributed by atoms with Crippen LogP contribution >= 0.6 is 0 Å². The molecule has 1 saturated heterocycles. The van der Waals surface area contributed by atoms with Crippen LogP contribution in [0.4, 0.5) is 8.78 Å². The monoisotopic (exact) mass is 268 g/mol. The molecule has 0 bridgehead atoms. The van der Waals surface area contributed by atoms with Crippen LogP contribution in [0.5, 0.6) is 0 Å². The molecule has 0 unspecified atom stereocenters. The van der Waals surface area contributed by atoms with E-state index in [0.717, 1.165) is 12.1 Å². The minimum absolute atomic E-state index is 0.127. The maximum Gasteiger partial charge on any atom is 0.265 e. The number of nitrogens with two attached hydrogens (primary N) is 1. The molecule has 0 aromatic heterocycles. The summed E-state index contributed by atoms with van der Waals surface area (Å²) in [6, 6.07) is 3.17. The highest BCUT2D eigenvalue weighted by molar-refractivity contribution is 5.96. The zero-order valence-electron chi connectivity index (χ0n) is 10.2. The average molecular weight is 268 g/mol. The van der Waals surface area contributed by atoms with Crippen molar-refractivity contribution in [3.63, 3.8) is 0 Å². The first-order chi connectivity index (χ1) is 9.08. The summed E-state index contributed by atoms with van der Waals surface area (Å²) in [5.41, 5.74) is 5.64. The van der Waals surface area contributed by atoms with Gasteiger partial charge in [-0.25, -0.2) is 8.78 Å². The fraction of sp³-hybridized carbons (Fsp3) is 0.308. The van der Waals surface area contributed by atoms with Crippen molar-refractivity contribution in [3.8, 4) is 0 Å². The number of morpholine rings is 1. The van der Waals surface area contributed by atoms with Gasteiger partial charge in [0.1, 0.15) is 17.3 Å². The second-order valence-corrected chi connectivity index (χ2v) is 4.16. The minimum atomic E-state index is -0.730. The molecule has 1 aromatic rings. The Labute approximate surface area is 109 Å². The summed E-state index contributed by atoms with van der Waals surface area (Å²) in [6.45, 7) is 1.99. The van der Waals surface area contributed by atoms with Gasteiger partial charge in [0.15, 0.2) is 0 Å². The SMILES string of the molecule is NC(=O)/C(=C\c1ccc(F)cc1F)N1CCOCC1. The van der Waals surface area contributed by atoms with Crippen molar-refractivity contribution in [2.45, 2.75) is 0 Å². The third-order valence-corrected chi connectivity index (χ3v) is 2.86. The highest BCUT2D eigenvalue weighted by atomic mass is 19.1. The molecule has 1 aliphatic heterocycles. The van der Waals surface area contributed by atoms with Crippen molar-refractivity contribution in [1.82, 2.24) is 4.90 Å². The number of primary amides is 1. The number of amides is 1. The predicted molar refractivity (Wildman–Crippen MR) is 65.9 cm³/mol. The summed E-state index contributed by atoms with van der Waals surface area (Å²) < 4.78 is 31.6. The summed E-state index contributed by atoms with van der Waals surface area (Å²) in [4.78, 5) is 13.2. The molecule has 0 radical (unpaired) electrons. The van der Waals surface area contributed by atoms with Gasteiger partial charge in [0.2, 0.25) is 0 Å². The van der Waals surface area contributed by atoms with Crippen LogP contribution in [-0.4, -0.2) is 37.1 Å². The van der Waals surface area contributed by atoms with Crippen molar-refractivity contribution < 1.29 is 18.3 Å². The maximum absolute atomic E-state index is 13.6. The molecule has 2 N–H and O–H groups in total. The summed E-state index contributed by atoms with van der Waals surface area (Å²) in [5.74, 6) is -2.04. The van der Waals surface area contributed by atoms with Gasteiger partial charge >= 0.3 is 0 Å². The van der Waals surface area contributed by atoms with Crippen LogP contribution < -0.4 is 5.73 Å². The van der Waals surface area contributed by atoms with Gasteiger partial charge in [-0.3, -0.25) is 4.79 Å². The van der Waals surface area contributed by atoms with E-state index in [1.54, 1.807) is 4.90 Å². The number of carbonyl (C=O) groups excluding carboxylic acids is 1. The number of benzene rings is 1. The molecule has 1 aliphatic rings. The van der Waals surface area contributed by atoms with Crippen LogP contribution in [0.25, 0.3) is 6.08 Å². The van der Waals surface area contributed by atoms with Crippen molar-refractivity contribution in [2.24, 2.45) is 5.73 Å². The molecule has 0 spiro atoms. The number of hydrogen-bond acceptors (Lipinski definition) is 3. The zero-order valence-corrected chi connectivity index (χ0v) is 10.2. The minimum Gasteiger partial charge on any atom is -0.378 e. The van der Waals surface area contributed by atoms with Gasteiger partial charge in [-0.05, 0) is 18.2 Å². The molecule has 2 rings (SSSR count). The van der Waals surface area contributed by atoms with E-state index < -0.39 is 17.5 Å². The van der Waals surface area contributed by atoms with Gasteiger partial charge < -0.3 is 15.4 Å². The highest BCUT2D eigenvalue weighted by Crippen LogP contribution is 2.16. The maximum atomic E-state index is 13.6. The second kappa shape index (κ2) is 5.79.